The van der Waals surface area contributed by atoms with Gasteiger partial charge in [0.1, 0.15) is 18.8 Å². The maximum atomic E-state index is 11.0. The normalized spacial score (nSPS) is 27.7. The van der Waals surface area contributed by atoms with Crippen LogP contribution in [0.1, 0.15) is 39.0 Å². The van der Waals surface area contributed by atoms with E-state index in [1.165, 1.54) is 12.8 Å². The van der Waals surface area contributed by atoms with Gasteiger partial charge in [-0.15, -0.1) is 26.3 Å². The summed E-state index contributed by atoms with van der Waals surface area (Å²) in [5.41, 5.74) is 0. The van der Waals surface area contributed by atoms with Crippen LogP contribution in [-0.2, 0) is 43.6 Å². The number of esters is 1. The van der Waals surface area contributed by atoms with Gasteiger partial charge in [0.25, 0.3) is 0 Å². The fourth-order valence-corrected chi connectivity index (χ4v) is 4.96. The summed E-state index contributed by atoms with van der Waals surface area (Å²) in [5, 5.41) is 17.3. The fourth-order valence-electron chi connectivity index (χ4n) is 4.96. The van der Waals surface area contributed by atoms with Crippen LogP contribution in [0.4, 0.5) is 0 Å². The van der Waals surface area contributed by atoms with Crippen molar-refractivity contribution in [3.63, 3.8) is 0 Å². The summed E-state index contributed by atoms with van der Waals surface area (Å²) in [6.07, 6.45) is 13.4. The molecule has 2 aliphatic carbocycles. The van der Waals surface area contributed by atoms with Crippen molar-refractivity contribution in [2.24, 2.45) is 35.5 Å². The van der Waals surface area contributed by atoms with Crippen molar-refractivity contribution in [3.05, 3.63) is 63.3 Å². The molecule has 0 aromatic carbocycles. The molecule has 0 aromatic heterocycles. The third-order valence-electron chi connectivity index (χ3n) is 7.42. The second-order valence-electron chi connectivity index (χ2n) is 10.5. The van der Waals surface area contributed by atoms with Crippen LogP contribution < -0.4 is 0 Å². The summed E-state index contributed by atoms with van der Waals surface area (Å²) >= 11 is 3.66. The van der Waals surface area contributed by atoms with E-state index in [1.807, 2.05) is 12.2 Å². The number of aliphatic carboxylic acids is 1. The Morgan fingerprint density at radius 3 is 1.74 bits per heavy atom. The van der Waals surface area contributed by atoms with Gasteiger partial charge in [0.2, 0.25) is 0 Å². The molecule has 3 rings (SSSR count). The molecule has 8 nitrogen and oxygen atoms in total. The third-order valence-corrected chi connectivity index (χ3v) is 7.42. The van der Waals surface area contributed by atoms with E-state index in [-0.39, 0.29) is 19.2 Å². The molecule has 1 heterocycles. The molecule has 0 spiro atoms. The van der Waals surface area contributed by atoms with Gasteiger partial charge in [0.15, 0.2) is 0 Å². The van der Waals surface area contributed by atoms with Gasteiger partial charge in [0, 0.05) is 12.5 Å². The number of halogens is 1. The molecule has 0 aromatic rings. The molecule has 2 saturated carbocycles. The monoisotopic (exact) mass is 660 g/mol. The minimum atomic E-state index is -0.981. The SMILES string of the molecule is C=CC(=O)O.C=CC1CC(C=C)C(COCC(O)COC(=O)CC)C1.C=CC1CC(C=C)C(COCC2CO2)C1.[Cl][Cu]. The van der Waals surface area contributed by atoms with Crippen molar-refractivity contribution in [1.82, 2.24) is 0 Å². The van der Waals surface area contributed by atoms with E-state index >= 15 is 0 Å². The number of carboxylic acids is 1. The first-order valence-corrected chi connectivity index (χ1v) is 15.6. The van der Waals surface area contributed by atoms with E-state index < -0.39 is 12.1 Å². The second kappa shape index (κ2) is 24.7. The average molecular weight is 662 g/mol. The Hall–Kier alpha value is -1.71. The Kier molecular flexibility index (Phi) is 23.7. The molecule has 3 aliphatic rings. The number of rotatable bonds is 16. The van der Waals surface area contributed by atoms with Crippen LogP contribution in [0.25, 0.3) is 0 Å². The Morgan fingerprint density at radius 1 is 0.881 bits per heavy atom. The molecule has 8 unspecified atom stereocenters. The number of epoxide rings is 1. The molecule has 0 radical (unpaired) electrons. The van der Waals surface area contributed by atoms with Crippen LogP contribution in [0.5, 0.6) is 0 Å². The predicted molar refractivity (Wildman–Crippen MR) is 163 cm³/mol. The number of aliphatic hydroxyl groups excluding tert-OH is 1. The average Bonchev–Trinajstić information content (AvgIpc) is 3.61. The van der Waals surface area contributed by atoms with Crippen LogP contribution >= 0.6 is 10.1 Å². The third kappa shape index (κ3) is 18.1. The van der Waals surface area contributed by atoms with Crippen LogP contribution in [0.15, 0.2) is 63.3 Å². The van der Waals surface area contributed by atoms with Gasteiger partial charge in [-0.1, -0.05) is 37.8 Å². The zero-order valence-electron chi connectivity index (χ0n) is 24.8. The molecule has 42 heavy (non-hydrogen) atoms. The Bertz CT molecular complexity index is 818. The molecule has 2 N–H and O–H groups in total. The second-order valence-corrected chi connectivity index (χ2v) is 10.5. The van der Waals surface area contributed by atoms with Crippen molar-refractivity contribution in [2.75, 3.05) is 39.6 Å². The summed E-state index contributed by atoms with van der Waals surface area (Å²) in [6, 6.07) is 0. The van der Waals surface area contributed by atoms with Crippen molar-refractivity contribution in [1.29, 1.82) is 0 Å². The van der Waals surface area contributed by atoms with Crippen LogP contribution in [0.2, 0.25) is 0 Å². The number of hydrogen-bond acceptors (Lipinski definition) is 7. The van der Waals surface area contributed by atoms with Gasteiger partial charge in [-0.05, 0) is 61.2 Å². The first-order chi connectivity index (χ1) is 20.2. The van der Waals surface area contributed by atoms with Crippen LogP contribution in [-0.4, -0.2) is 74.0 Å². The van der Waals surface area contributed by atoms with Crippen LogP contribution in [0, 0.1) is 35.5 Å². The zero-order chi connectivity index (χ0) is 31.9. The van der Waals surface area contributed by atoms with Crippen LogP contribution in [0.3, 0.4) is 0 Å². The fraction of sp³-hybridized carbons (Fsp3) is 0.625. The molecule has 0 amide bonds. The maximum absolute atomic E-state index is 11.0. The van der Waals surface area contributed by atoms with Gasteiger partial charge in [-0.2, -0.15) is 0 Å². The Labute approximate surface area is 264 Å². The van der Waals surface area contributed by atoms with E-state index in [9.17, 15) is 14.7 Å². The molecule has 3 fully saturated rings. The van der Waals surface area contributed by atoms with Gasteiger partial charge in [0.05, 0.1) is 33.0 Å². The van der Waals surface area contributed by atoms with Gasteiger partial charge < -0.3 is 29.2 Å². The van der Waals surface area contributed by atoms with E-state index in [0.717, 1.165) is 38.7 Å². The molecule has 8 atom stereocenters. The van der Waals surface area contributed by atoms with Crippen molar-refractivity contribution in [2.45, 2.75) is 51.2 Å². The number of carboxylic acid groups (broad SMARTS) is 1. The molecule has 1 aliphatic heterocycles. The number of aliphatic hydroxyl groups is 1. The minimum absolute atomic E-state index is 0.00247. The quantitative estimate of drug-likeness (QED) is 0.0713. The molecule has 1 saturated heterocycles. The predicted octanol–water partition coefficient (Wildman–Crippen LogP) is 5.69. The first kappa shape index (κ1) is 40.3. The molecular formula is C32H50ClCuO8. The number of hydrogen-bond donors (Lipinski definition) is 2. The molecule has 10 heteroatoms. The van der Waals surface area contributed by atoms with Crippen molar-refractivity contribution < 1.29 is 53.9 Å². The first-order valence-electron chi connectivity index (χ1n) is 14.3. The summed E-state index contributed by atoms with van der Waals surface area (Å²) in [4.78, 5) is 20.2. The topological polar surface area (TPSA) is 115 Å². The van der Waals surface area contributed by atoms with E-state index in [0.29, 0.717) is 54.6 Å². The van der Waals surface area contributed by atoms with Gasteiger partial charge in [-0.3, -0.25) is 4.79 Å². The van der Waals surface area contributed by atoms with E-state index in [4.69, 9.17) is 24.1 Å². The zero-order valence-corrected chi connectivity index (χ0v) is 26.5. The summed E-state index contributed by atoms with van der Waals surface area (Å²) in [6.45, 7) is 23.4. The molecule has 0 bridgehead atoms. The summed E-state index contributed by atoms with van der Waals surface area (Å²) < 4.78 is 21.2. The van der Waals surface area contributed by atoms with Gasteiger partial charge >= 0.3 is 37.1 Å². The van der Waals surface area contributed by atoms with E-state index in [1.54, 1.807) is 6.92 Å². The molecule has 244 valence electrons. The number of ether oxygens (including phenoxy) is 4. The van der Waals surface area contributed by atoms with E-state index in [2.05, 4.69) is 70.2 Å². The summed E-state index contributed by atoms with van der Waals surface area (Å²) in [5.74, 6) is 2.01. The summed E-state index contributed by atoms with van der Waals surface area (Å²) in [7, 11) is 4.20. The number of allylic oxidation sites excluding steroid dienone is 4. The Balaban J connectivity index is 0.000000670. The molecular weight excluding hydrogens is 611 g/mol. The Morgan fingerprint density at radius 2 is 1.36 bits per heavy atom. The number of carbonyl (C=O) groups is 2. The van der Waals surface area contributed by atoms with Crippen molar-refractivity contribution >= 4 is 22.0 Å². The van der Waals surface area contributed by atoms with Gasteiger partial charge in [-0.25, -0.2) is 4.79 Å². The van der Waals surface area contributed by atoms with Crippen molar-refractivity contribution in [3.8, 4) is 0 Å². The standard InChI is InChI=1S/C16H26O4.C13H20O2.C3H4O2.ClH.Cu/c1-4-12-7-13(5-2)14(8-12)9-19-10-15(17)11-20-16(18)6-3;1-3-10-5-11(4-2)12(6-10)7-14-8-13-9-15-13;1-2-3(4)5;;/h4-5,12-15,17H,1-2,6-11H2,3H3;3-4,10-13H,1-2,5-9H2;2H,1H2,(H,4,5);1H;/q;;;;+1/p-1. The number of carbonyl (C=O) groups excluding carboxylic acids is 1.